The molecule has 0 saturated heterocycles. The van der Waals surface area contributed by atoms with Crippen LogP contribution < -0.4 is 0 Å². The minimum absolute atomic E-state index is 0.0572. The molecule has 1 rings (SSSR count). The zero-order valence-corrected chi connectivity index (χ0v) is 9.46. The molecule has 1 heterocycles. The summed E-state index contributed by atoms with van der Waals surface area (Å²) in [6.07, 6.45) is -3.44. The van der Waals surface area contributed by atoms with Gasteiger partial charge in [-0.3, -0.25) is 4.98 Å². The van der Waals surface area contributed by atoms with E-state index in [4.69, 9.17) is 10.2 Å². The molecule has 0 aromatic carbocycles. The molecule has 0 aliphatic carbocycles. The molecular formula is C10H16N2O6. The van der Waals surface area contributed by atoms with E-state index >= 15 is 0 Å². The van der Waals surface area contributed by atoms with Crippen molar-refractivity contribution in [3.05, 3.63) is 23.8 Å². The summed E-state index contributed by atoms with van der Waals surface area (Å²) in [4.78, 5) is 7.50. The molecule has 0 saturated carbocycles. The van der Waals surface area contributed by atoms with E-state index in [1.54, 1.807) is 0 Å². The van der Waals surface area contributed by atoms with Crippen LogP contribution in [0, 0.1) is 0 Å². The highest BCUT2D eigenvalue weighted by Crippen LogP contribution is 2.18. The Morgan fingerprint density at radius 2 is 1.22 bits per heavy atom. The minimum Gasteiger partial charge on any atom is -0.394 e. The fourth-order valence-corrected chi connectivity index (χ4v) is 1.28. The first-order valence-electron chi connectivity index (χ1n) is 5.27. The third kappa shape index (κ3) is 3.42. The molecule has 0 spiro atoms. The summed E-state index contributed by atoms with van der Waals surface area (Å²) < 4.78 is 0. The van der Waals surface area contributed by atoms with Crippen molar-refractivity contribution in [2.75, 3.05) is 13.2 Å². The fraction of sp³-hybridized carbons (Fsp3) is 0.600. The molecule has 1 aromatic heterocycles. The lowest BCUT2D eigenvalue weighted by Crippen LogP contribution is -2.26. The monoisotopic (exact) mass is 260 g/mol. The van der Waals surface area contributed by atoms with Crippen molar-refractivity contribution in [2.45, 2.75) is 24.4 Å². The Morgan fingerprint density at radius 1 is 0.833 bits per heavy atom. The molecule has 6 N–H and O–H groups in total. The highest BCUT2D eigenvalue weighted by atomic mass is 16.4. The van der Waals surface area contributed by atoms with E-state index < -0.39 is 37.6 Å². The van der Waals surface area contributed by atoms with Gasteiger partial charge in [-0.2, -0.15) is 0 Å². The van der Waals surface area contributed by atoms with E-state index in [1.165, 1.54) is 0 Å². The van der Waals surface area contributed by atoms with E-state index in [9.17, 15) is 20.4 Å². The maximum atomic E-state index is 9.59. The van der Waals surface area contributed by atoms with E-state index in [-0.39, 0.29) is 11.4 Å². The SMILES string of the molecule is OC[C@H](O)[C@@H](O)c1cncc([C@H](O)[C@@H](O)CO)n1. The topological polar surface area (TPSA) is 147 Å². The number of nitrogens with zero attached hydrogens (tertiary/aromatic N) is 2. The van der Waals surface area contributed by atoms with Crippen LogP contribution in [0.25, 0.3) is 0 Å². The van der Waals surface area contributed by atoms with Crippen molar-refractivity contribution in [3.63, 3.8) is 0 Å². The lowest BCUT2D eigenvalue weighted by Gasteiger charge is -2.18. The normalized spacial score (nSPS) is 18.1. The second kappa shape index (κ2) is 6.69. The molecule has 0 amide bonds. The molecule has 0 unspecified atom stereocenters. The van der Waals surface area contributed by atoms with Crippen molar-refractivity contribution in [1.82, 2.24) is 9.97 Å². The van der Waals surface area contributed by atoms with Gasteiger partial charge in [0.1, 0.15) is 24.4 Å². The van der Waals surface area contributed by atoms with Crippen molar-refractivity contribution in [1.29, 1.82) is 0 Å². The van der Waals surface area contributed by atoms with Crippen molar-refractivity contribution >= 4 is 0 Å². The number of hydrogen-bond acceptors (Lipinski definition) is 8. The van der Waals surface area contributed by atoms with Crippen LogP contribution in [0.2, 0.25) is 0 Å². The molecule has 0 radical (unpaired) electrons. The predicted octanol–water partition coefficient (Wildman–Crippen LogP) is -2.75. The lowest BCUT2D eigenvalue weighted by atomic mass is 10.1. The molecule has 0 fully saturated rings. The zero-order valence-electron chi connectivity index (χ0n) is 9.46. The van der Waals surface area contributed by atoms with Gasteiger partial charge in [-0.25, -0.2) is 4.98 Å². The van der Waals surface area contributed by atoms with Crippen molar-refractivity contribution in [3.8, 4) is 0 Å². The van der Waals surface area contributed by atoms with Gasteiger partial charge in [0.25, 0.3) is 0 Å². The Hall–Kier alpha value is -1.16. The van der Waals surface area contributed by atoms with Gasteiger partial charge in [0.2, 0.25) is 0 Å². The first-order chi connectivity index (χ1) is 8.51. The summed E-state index contributed by atoms with van der Waals surface area (Å²) in [5, 5.41) is 55.0. The highest BCUT2D eigenvalue weighted by molar-refractivity contribution is 5.10. The summed E-state index contributed by atoms with van der Waals surface area (Å²) in [7, 11) is 0. The quantitative estimate of drug-likeness (QED) is 0.322. The van der Waals surface area contributed by atoms with Gasteiger partial charge >= 0.3 is 0 Å². The van der Waals surface area contributed by atoms with Crippen LogP contribution >= 0.6 is 0 Å². The Labute approximate surface area is 103 Å². The van der Waals surface area contributed by atoms with Crippen LogP contribution in [0.5, 0.6) is 0 Å². The number of aliphatic hydroxyl groups is 6. The molecule has 0 bridgehead atoms. The van der Waals surface area contributed by atoms with Gasteiger partial charge in [0.15, 0.2) is 0 Å². The van der Waals surface area contributed by atoms with Gasteiger partial charge in [-0.15, -0.1) is 0 Å². The zero-order chi connectivity index (χ0) is 13.7. The largest absolute Gasteiger partial charge is 0.394 e. The van der Waals surface area contributed by atoms with Gasteiger partial charge < -0.3 is 30.6 Å². The van der Waals surface area contributed by atoms with Crippen LogP contribution in [0.3, 0.4) is 0 Å². The minimum atomic E-state index is -1.46. The average Bonchev–Trinajstić information content (AvgIpc) is 2.43. The number of aromatic nitrogens is 2. The van der Waals surface area contributed by atoms with Gasteiger partial charge in [0.05, 0.1) is 37.0 Å². The maximum absolute atomic E-state index is 9.59. The second-order valence-corrected chi connectivity index (χ2v) is 3.76. The average molecular weight is 260 g/mol. The van der Waals surface area contributed by atoms with Crippen LogP contribution in [0.1, 0.15) is 23.6 Å². The number of aliphatic hydroxyl groups excluding tert-OH is 6. The van der Waals surface area contributed by atoms with Gasteiger partial charge in [-0.1, -0.05) is 0 Å². The Morgan fingerprint density at radius 3 is 1.56 bits per heavy atom. The Balaban J connectivity index is 2.91. The molecule has 1 aromatic rings. The van der Waals surface area contributed by atoms with Crippen molar-refractivity contribution < 1.29 is 30.6 Å². The van der Waals surface area contributed by atoms with Crippen LogP contribution in [-0.2, 0) is 0 Å². The van der Waals surface area contributed by atoms with E-state index in [2.05, 4.69) is 9.97 Å². The predicted molar refractivity (Wildman–Crippen MR) is 58.1 cm³/mol. The van der Waals surface area contributed by atoms with Crippen LogP contribution in [-0.4, -0.2) is 66.0 Å². The molecule has 8 nitrogen and oxygen atoms in total. The molecule has 0 aliphatic rings. The third-order valence-corrected chi connectivity index (χ3v) is 2.38. The first kappa shape index (κ1) is 14.9. The number of hydrogen-bond donors (Lipinski definition) is 6. The fourth-order valence-electron chi connectivity index (χ4n) is 1.28. The summed E-state index contributed by atoms with van der Waals surface area (Å²) in [6, 6.07) is 0. The van der Waals surface area contributed by atoms with E-state index in [0.29, 0.717) is 0 Å². The van der Waals surface area contributed by atoms with Crippen molar-refractivity contribution in [2.24, 2.45) is 0 Å². The molecule has 102 valence electrons. The summed E-state index contributed by atoms with van der Waals surface area (Å²) in [5.74, 6) is 0. The Kier molecular flexibility index (Phi) is 5.54. The van der Waals surface area contributed by atoms with E-state index in [1.807, 2.05) is 0 Å². The molecule has 8 heteroatoms. The molecule has 18 heavy (non-hydrogen) atoms. The maximum Gasteiger partial charge on any atom is 0.126 e. The molecule has 0 aliphatic heterocycles. The number of rotatable bonds is 6. The summed E-state index contributed by atoms with van der Waals surface area (Å²) >= 11 is 0. The van der Waals surface area contributed by atoms with Gasteiger partial charge in [-0.05, 0) is 0 Å². The summed E-state index contributed by atoms with van der Waals surface area (Å²) in [6.45, 7) is -1.32. The third-order valence-electron chi connectivity index (χ3n) is 2.38. The highest BCUT2D eigenvalue weighted by Gasteiger charge is 2.23. The first-order valence-corrected chi connectivity index (χ1v) is 5.27. The molecule has 4 atom stereocenters. The molecular weight excluding hydrogens is 244 g/mol. The van der Waals surface area contributed by atoms with Gasteiger partial charge in [0, 0.05) is 0 Å². The van der Waals surface area contributed by atoms with Crippen LogP contribution in [0.15, 0.2) is 12.4 Å². The van der Waals surface area contributed by atoms with Crippen LogP contribution in [0.4, 0.5) is 0 Å². The smallest absolute Gasteiger partial charge is 0.126 e. The Bertz CT molecular complexity index is 346. The standard InChI is InChI=1S/C10H16N2O6/c13-3-7(15)9(17)5-1-11-2-6(12-5)10(18)8(16)4-14/h1-2,7-10,13-18H,3-4H2/t7-,8-,9-,10-/m0/s1. The second-order valence-electron chi connectivity index (χ2n) is 3.76. The summed E-state index contributed by atoms with van der Waals surface area (Å²) in [5.41, 5.74) is -0.114. The lowest BCUT2D eigenvalue weighted by molar-refractivity contribution is -0.0230. The van der Waals surface area contributed by atoms with E-state index in [0.717, 1.165) is 12.4 Å².